The van der Waals surface area contributed by atoms with Crippen LogP contribution in [0.4, 0.5) is 28.8 Å². The number of para-hydroxylation sites is 1. The minimum absolute atomic E-state index is 0.155. The van der Waals surface area contributed by atoms with E-state index in [1.165, 1.54) is 5.56 Å². The Hall–Kier alpha value is -3.67. The maximum absolute atomic E-state index is 4.58. The highest BCUT2D eigenvalue weighted by molar-refractivity contribution is 5.82. The topological polar surface area (TPSA) is 74.8 Å². The number of rotatable bonds is 4. The highest BCUT2D eigenvalue weighted by Gasteiger charge is 2.29. The Balaban J connectivity index is 1.36. The summed E-state index contributed by atoms with van der Waals surface area (Å²) in [5, 5.41) is 11.2. The number of hydrogen-bond donors (Lipinski definition) is 3. The highest BCUT2D eigenvalue weighted by Crippen LogP contribution is 2.37. The van der Waals surface area contributed by atoms with Crippen molar-refractivity contribution in [3.63, 3.8) is 0 Å². The van der Waals surface area contributed by atoms with Crippen molar-refractivity contribution in [1.82, 2.24) is 15.0 Å². The van der Waals surface area contributed by atoms with Crippen molar-refractivity contribution >= 4 is 39.7 Å². The molecule has 0 bridgehead atoms. The molecule has 0 amide bonds. The third kappa shape index (κ3) is 3.45. The predicted octanol–water partition coefficient (Wildman–Crippen LogP) is 5.22. The zero-order chi connectivity index (χ0) is 19.8. The fraction of sp³-hybridized carbons (Fsp3) is 0.174. The van der Waals surface area contributed by atoms with Gasteiger partial charge in [0, 0.05) is 34.9 Å². The second-order valence-electron chi connectivity index (χ2n) is 7.93. The molecular weight excluding hydrogens is 360 g/mol. The molecule has 5 rings (SSSR count). The summed E-state index contributed by atoms with van der Waals surface area (Å²) in [6.45, 7) is 5.44. The van der Waals surface area contributed by atoms with E-state index in [2.05, 4.69) is 69.0 Å². The van der Waals surface area contributed by atoms with Crippen molar-refractivity contribution in [2.24, 2.45) is 0 Å². The van der Waals surface area contributed by atoms with E-state index in [4.69, 9.17) is 0 Å². The van der Waals surface area contributed by atoms with Crippen molar-refractivity contribution < 1.29 is 0 Å². The van der Waals surface area contributed by atoms with Gasteiger partial charge in [-0.2, -0.15) is 4.98 Å². The number of pyridine rings is 1. The van der Waals surface area contributed by atoms with Gasteiger partial charge in [-0.05, 0) is 35.9 Å². The molecule has 0 spiro atoms. The molecule has 1 aliphatic heterocycles. The van der Waals surface area contributed by atoms with E-state index in [0.29, 0.717) is 11.8 Å². The van der Waals surface area contributed by atoms with Crippen LogP contribution in [-0.2, 0) is 5.41 Å². The molecule has 2 aromatic heterocycles. The van der Waals surface area contributed by atoms with Gasteiger partial charge in [0.2, 0.25) is 5.95 Å². The van der Waals surface area contributed by atoms with Gasteiger partial charge in [-0.25, -0.2) is 4.98 Å². The lowest BCUT2D eigenvalue weighted by Gasteiger charge is -2.17. The van der Waals surface area contributed by atoms with Gasteiger partial charge in [0.1, 0.15) is 5.82 Å². The molecule has 2 aromatic carbocycles. The van der Waals surface area contributed by atoms with E-state index in [0.717, 1.165) is 34.5 Å². The fourth-order valence-electron chi connectivity index (χ4n) is 3.67. The molecule has 0 saturated carbocycles. The van der Waals surface area contributed by atoms with Gasteiger partial charge in [0.15, 0.2) is 0 Å². The maximum Gasteiger partial charge on any atom is 0.229 e. The van der Waals surface area contributed by atoms with Crippen LogP contribution in [0.15, 0.2) is 67.0 Å². The monoisotopic (exact) mass is 382 g/mol. The minimum atomic E-state index is 0.155. The summed E-state index contributed by atoms with van der Waals surface area (Å²) in [7, 11) is 0. The fourth-order valence-corrected chi connectivity index (χ4v) is 3.67. The van der Waals surface area contributed by atoms with E-state index in [1.807, 2.05) is 36.5 Å². The molecule has 0 saturated heterocycles. The van der Waals surface area contributed by atoms with Gasteiger partial charge in [-0.3, -0.25) is 4.98 Å². The molecule has 6 heteroatoms. The summed E-state index contributed by atoms with van der Waals surface area (Å²) in [6, 6.07) is 18.3. The highest BCUT2D eigenvalue weighted by atomic mass is 15.1. The van der Waals surface area contributed by atoms with Crippen LogP contribution in [-0.4, -0.2) is 21.5 Å². The third-order valence-electron chi connectivity index (χ3n) is 5.24. The summed E-state index contributed by atoms with van der Waals surface area (Å²) in [5.74, 6) is 1.25. The number of nitrogens with one attached hydrogen (secondary N) is 3. The second-order valence-corrected chi connectivity index (χ2v) is 7.93. The summed E-state index contributed by atoms with van der Waals surface area (Å²) >= 11 is 0. The standard InChI is InChI=1S/C23H22N6/c1-23(2)14-26-20-12-16(7-8-18(20)23)28-22-24-10-9-21(29-22)27-17-11-15-5-3-4-6-19(15)25-13-17/h3-13,26H,14H2,1-2H3,(H2,24,27,28,29). The lowest BCUT2D eigenvalue weighted by molar-refractivity contribution is 0.586. The summed E-state index contributed by atoms with van der Waals surface area (Å²) in [6.07, 6.45) is 3.55. The van der Waals surface area contributed by atoms with Gasteiger partial charge in [0.25, 0.3) is 0 Å². The van der Waals surface area contributed by atoms with Crippen molar-refractivity contribution in [3.8, 4) is 0 Å². The van der Waals surface area contributed by atoms with Crippen molar-refractivity contribution in [2.75, 3.05) is 22.5 Å². The van der Waals surface area contributed by atoms with E-state index in [9.17, 15) is 0 Å². The molecule has 1 aliphatic rings. The molecule has 0 aliphatic carbocycles. The van der Waals surface area contributed by atoms with Crippen LogP contribution in [0.3, 0.4) is 0 Å². The van der Waals surface area contributed by atoms with Gasteiger partial charge in [-0.1, -0.05) is 38.1 Å². The lowest BCUT2D eigenvalue weighted by Crippen LogP contribution is -2.18. The number of nitrogens with zero attached hydrogens (tertiary/aromatic N) is 3. The lowest BCUT2D eigenvalue weighted by atomic mass is 9.87. The smallest absolute Gasteiger partial charge is 0.229 e. The second kappa shape index (κ2) is 6.74. The maximum atomic E-state index is 4.58. The quantitative estimate of drug-likeness (QED) is 0.450. The summed E-state index contributed by atoms with van der Waals surface area (Å²) in [4.78, 5) is 13.4. The van der Waals surface area contributed by atoms with E-state index in [-0.39, 0.29) is 5.41 Å². The first-order valence-electron chi connectivity index (χ1n) is 9.67. The Morgan fingerprint density at radius 2 is 1.83 bits per heavy atom. The van der Waals surface area contributed by atoms with E-state index < -0.39 is 0 Å². The Kier molecular flexibility index (Phi) is 4.05. The van der Waals surface area contributed by atoms with Crippen LogP contribution in [0.5, 0.6) is 0 Å². The van der Waals surface area contributed by atoms with Gasteiger partial charge >= 0.3 is 0 Å². The summed E-state index contributed by atoms with van der Waals surface area (Å²) in [5.41, 5.74) is 5.47. The zero-order valence-corrected chi connectivity index (χ0v) is 16.4. The first-order chi connectivity index (χ1) is 14.1. The van der Waals surface area contributed by atoms with Crippen molar-refractivity contribution in [3.05, 3.63) is 72.6 Å². The van der Waals surface area contributed by atoms with Crippen LogP contribution in [0, 0.1) is 0 Å². The number of anilines is 5. The zero-order valence-electron chi connectivity index (χ0n) is 16.4. The molecule has 0 atom stereocenters. The Morgan fingerprint density at radius 3 is 2.76 bits per heavy atom. The number of fused-ring (bicyclic) bond motifs is 2. The molecule has 144 valence electrons. The van der Waals surface area contributed by atoms with Crippen LogP contribution >= 0.6 is 0 Å². The molecule has 6 nitrogen and oxygen atoms in total. The van der Waals surface area contributed by atoms with Crippen LogP contribution in [0.1, 0.15) is 19.4 Å². The van der Waals surface area contributed by atoms with Crippen molar-refractivity contribution in [2.45, 2.75) is 19.3 Å². The molecule has 0 fully saturated rings. The molecule has 3 heterocycles. The number of hydrogen-bond acceptors (Lipinski definition) is 6. The van der Waals surface area contributed by atoms with Crippen molar-refractivity contribution in [1.29, 1.82) is 0 Å². The average molecular weight is 382 g/mol. The Bertz CT molecular complexity index is 1200. The molecular formula is C23H22N6. The van der Waals surface area contributed by atoms with Crippen LogP contribution < -0.4 is 16.0 Å². The third-order valence-corrected chi connectivity index (χ3v) is 5.24. The summed E-state index contributed by atoms with van der Waals surface area (Å²) < 4.78 is 0. The number of aromatic nitrogens is 3. The minimum Gasteiger partial charge on any atom is -0.384 e. The van der Waals surface area contributed by atoms with E-state index >= 15 is 0 Å². The Labute approximate surface area is 169 Å². The average Bonchev–Trinajstić information content (AvgIpc) is 3.02. The first-order valence-corrected chi connectivity index (χ1v) is 9.67. The van der Waals surface area contributed by atoms with E-state index in [1.54, 1.807) is 6.20 Å². The number of benzene rings is 2. The van der Waals surface area contributed by atoms with Gasteiger partial charge < -0.3 is 16.0 Å². The predicted molar refractivity (Wildman–Crippen MR) is 118 cm³/mol. The van der Waals surface area contributed by atoms with Gasteiger partial charge in [0.05, 0.1) is 17.4 Å². The molecule has 0 unspecified atom stereocenters. The molecule has 4 aromatic rings. The SMILES string of the molecule is CC1(C)CNc2cc(Nc3nccc(Nc4cnc5ccccc5c4)n3)ccc21. The van der Waals surface area contributed by atoms with Gasteiger partial charge in [-0.15, -0.1) is 0 Å². The largest absolute Gasteiger partial charge is 0.384 e. The molecule has 3 N–H and O–H groups in total. The molecule has 0 radical (unpaired) electrons. The van der Waals surface area contributed by atoms with Crippen LogP contribution in [0.2, 0.25) is 0 Å². The molecule has 29 heavy (non-hydrogen) atoms. The normalized spacial score (nSPS) is 14.3. The van der Waals surface area contributed by atoms with Crippen LogP contribution in [0.25, 0.3) is 10.9 Å². The first kappa shape index (κ1) is 17.4. The Morgan fingerprint density at radius 1 is 0.931 bits per heavy atom.